The number of benzene rings is 1. The lowest BCUT2D eigenvalue weighted by Crippen LogP contribution is -2.40. The summed E-state index contributed by atoms with van der Waals surface area (Å²) >= 11 is 0. The molecule has 1 aromatic carbocycles. The third-order valence-corrected chi connectivity index (χ3v) is 4.89. The van der Waals surface area contributed by atoms with Gasteiger partial charge in [0, 0.05) is 12.6 Å². The van der Waals surface area contributed by atoms with Crippen LogP contribution in [0.3, 0.4) is 0 Å². The maximum Gasteiger partial charge on any atom is 0.122 e. The lowest BCUT2D eigenvalue weighted by molar-refractivity contribution is 0.0559. The quantitative estimate of drug-likeness (QED) is 0.871. The van der Waals surface area contributed by atoms with Gasteiger partial charge >= 0.3 is 0 Å². The van der Waals surface area contributed by atoms with Gasteiger partial charge in [0.05, 0.1) is 0 Å². The molecule has 0 saturated heterocycles. The zero-order chi connectivity index (χ0) is 16.1. The Morgan fingerprint density at radius 2 is 1.86 bits per heavy atom. The largest absolute Gasteiger partial charge is 0.491 e. The summed E-state index contributed by atoms with van der Waals surface area (Å²) in [6.07, 6.45) is 6.10. The smallest absolute Gasteiger partial charge is 0.122 e. The highest BCUT2D eigenvalue weighted by molar-refractivity contribution is 5.41. The molecule has 124 valence electrons. The standard InChI is InChI=1S/C19H31NO2/c1-14-10-15(2)16(3)19(11-14)22-13-18(21)12-20(4)17-8-6-5-7-9-17/h10-11,17-18,21H,5-9,12-13H2,1-4H3/t18-/m1/s1. The van der Waals surface area contributed by atoms with E-state index in [4.69, 9.17) is 4.74 Å². The van der Waals surface area contributed by atoms with E-state index in [0.29, 0.717) is 19.2 Å². The van der Waals surface area contributed by atoms with E-state index in [9.17, 15) is 5.11 Å². The third-order valence-electron chi connectivity index (χ3n) is 4.89. The summed E-state index contributed by atoms with van der Waals surface area (Å²) in [7, 11) is 2.13. The number of ether oxygens (including phenoxy) is 1. The molecular weight excluding hydrogens is 274 g/mol. The van der Waals surface area contributed by atoms with Crippen LogP contribution in [0, 0.1) is 20.8 Å². The van der Waals surface area contributed by atoms with Gasteiger partial charge in [-0.05, 0) is 63.4 Å². The predicted molar refractivity (Wildman–Crippen MR) is 91.7 cm³/mol. The lowest BCUT2D eigenvalue weighted by atomic mass is 9.94. The summed E-state index contributed by atoms with van der Waals surface area (Å²) in [5.74, 6) is 0.900. The molecule has 2 rings (SSSR count). The molecule has 3 nitrogen and oxygen atoms in total. The van der Waals surface area contributed by atoms with Crippen LogP contribution >= 0.6 is 0 Å². The van der Waals surface area contributed by atoms with Crippen molar-refractivity contribution >= 4 is 0 Å². The van der Waals surface area contributed by atoms with Crippen molar-refractivity contribution in [1.29, 1.82) is 0 Å². The minimum atomic E-state index is -0.438. The summed E-state index contributed by atoms with van der Waals surface area (Å²) < 4.78 is 5.87. The molecule has 1 aliphatic carbocycles. The fraction of sp³-hybridized carbons (Fsp3) is 0.684. The molecule has 1 N–H and O–H groups in total. The fourth-order valence-corrected chi connectivity index (χ4v) is 3.39. The fourth-order valence-electron chi connectivity index (χ4n) is 3.39. The summed E-state index contributed by atoms with van der Waals surface area (Å²) in [5.41, 5.74) is 3.61. The molecule has 0 radical (unpaired) electrons. The number of likely N-dealkylation sites (N-methyl/N-ethyl adjacent to an activating group) is 1. The van der Waals surface area contributed by atoms with Gasteiger partial charge in [-0.25, -0.2) is 0 Å². The van der Waals surface area contributed by atoms with Crippen molar-refractivity contribution in [2.45, 2.75) is 65.0 Å². The van der Waals surface area contributed by atoms with E-state index in [1.807, 2.05) is 0 Å². The summed E-state index contributed by atoms with van der Waals surface area (Å²) in [4.78, 5) is 2.31. The molecular formula is C19H31NO2. The highest BCUT2D eigenvalue weighted by Crippen LogP contribution is 2.24. The molecule has 1 aromatic rings. The number of aliphatic hydroxyl groups is 1. The Balaban J connectivity index is 1.83. The van der Waals surface area contributed by atoms with Gasteiger partial charge < -0.3 is 14.7 Å². The normalized spacial score (nSPS) is 17.7. The molecule has 0 aliphatic heterocycles. The zero-order valence-electron chi connectivity index (χ0n) is 14.6. The van der Waals surface area contributed by atoms with Gasteiger partial charge in [-0.2, -0.15) is 0 Å². The first-order chi connectivity index (χ1) is 10.5. The van der Waals surface area contributed by atoms with Gasteiger partial charge in [0.2, 0.25) is 0 Å². The molecule has 1 atom stereocenters. The van der Waals surface area contributed by atoms with Gasteiger partial charge in [0.15, 0.2) is 0 Å². The molecule has 1 saturated carbocycles. The maximum atomic E-state index is 10.3. The Hall–Kier alpha value is -1.06. The van der Waals surface area contributed by atoms with Crippen LogP contribution in [0.4, 0.5) is 0 Å². The average molecular weight is 305 g/mol. The van der Waals surface area contributed by atoms with E-state index in [0.717, 1.165) is 5.75 Å². The molecule has 1 aliphatic rings. The van der Waals surface area contributed by atoms with Crippen molar-refractivity contribution in [3.05, 3.63) is 28.8 Å². The Labute approximate surface area is 135 Å². The highest BCUT2D eigenvalue weighted by atomic mass is 16.5. The molecule has 1 fully saturated rings. The summed E-state index contributed by atoms with van der Waals surface area (Å²) in [6, 6.07) is 4.85. The maximum absolute atomic E-state index is 10.3. The van der Waals surface area contributed by atoms with Crippen LogP contribution in [0.15, 0.2) is 12.1 Å². The lowest BCUT2D eigenvalue weighted by Gasteiger charge is -2.32. The monoisotopic (exact) mass is 305 g/mol. The first-order valence-corrected chi connectivity index (χ1v) is 8.56. The number of rotatable bonds is 6. The van der Waals surface area contributed by atoms with Crippen LogP contribution in [0.1, 0.15) is 48.8 Å². The minimum absolute atomic E-state index is 0.362. The Bertz CT molecular complexity index is 481. The van der Waals surface area contributed by atoms with Gasteiger partial charge in [-0.3, -0.25) is 0 Å². The van der Waals surface area contributed by atoms with Crippen LogP contribution in [0.25, 0.3) is 0 Å². The summed E-state index contributed by atoms with van der Waals surface area (Å²) in [6.45, 7) is 7.30. The number of aliphatic hydroxyl groups excluding tert-OH is 1. The number of hydrogen-bond acceptors (Lipinski definition) is 3. The zero-order valence-corrected chi connectivity index (χ0v) is 14.6. The molecule has 0 unspecified atom stereocenters. The first-order valence-electron chi connectivity index (χ1n) is 8.56. The van der Waals surface area contributed by atoms with Crippen LogP contribution in [0.2, 0.25) is 0 Å². The van der Waals surface area contributed by atoms with Gasteiger partial charge in [0.25, 0.3) is 0 Å². The van der Waals surface area contributed by atoms with E-state index in [-0.39, 0.29) is 0 Å². The second-order valence-corrected chi connectivity index (χ2v) is 6.90. The minimum Gasteiger partial charge on any atom is -0.491 e. The Morgan fingerprint density at radius 3 is 2.55 bits per heavy atom. The topological polar surface area (TPSA) is 32.7 Å². The Kier molecular flexibility index (Phi) is 6.27. The van der Waals surface area contributed by atoms with Crippen LogP contribution in [0.5, 0.6) is 5.75 Å². The van der Waals surface area contributed by atoms with Crippen LogP contribution in [-0.4, -0.2) is 42.4 Å². The molecule has 22 heavy (non-hydrogen) atoms. The third kappa shape index (κ3) is 4.72. The van der Waals surface area contributed by atoms with E-state index in [1.165, 1.54) is 48.8 Å². The molecule has 0 spiro atoms. The average Bonchev–Trinajstić information content (AvgIpc) is 2.50. The van der Waals surface area contributed by atoms with Crippen LogP contribution in [-0.2, 0) is 0 Å². The van der Waals surface area contributed by atoms with Crippen molar-refractivity contribution in [2.75, 3.05) is 20.2 Å². The molecule has 3 heteroatoms. The van der Waals surface area contributed by atoms with Crippen molar-refractivity contribution in [2.24, 2.45) is 0 Å². The summed E-state index contributed by atoms with van der Waals surface area (Å²) in [5, 5.41) is 10.3. The van der Waals surface area contributed by atoms with E-state index < -0.39 is 6.10 Å². The van der Waals surface area contributed by atoms with Crippen molar-refractivity contribution in [1.82, 2.24) is 4.90 Å². The number of hydrogen-bond donors (Lipinski definition) is 1. The van der Waals surface area contributed by atoms with Crippen molar-refractivity contribution in [3.63, 3.8) is 0 Å². The second kappa shape index (κ2) is 7.98. The van der Waals surface area contributed by atoms with Gasteiger partial charge in [-0.15, -0.1) is 0 Å². The highest BCUT2D eigenvalue weighted by Gasteiger charge is 2.20. The SMILES string of the molecule is Cc1cc(C)c(C)c(OC[C@H](O)CN(C)C2CCCCC2)c1. The molecule has 0 aromatic heterocycles. The predicted octanol–water partition coefficient (Wildman–Crippen LogP) is 3.62. The van der Waals surface area contributed by atoms with E-state index >= 15 is 0 Å². The number of nitrogens with zero attached hydrogens (tertiary/aromatic N) is 1. The van der Waals surface area contributed by atoms with Gasteiger partial charge in [-0.1, -0.05) is 25.3 Å². The van der Waals surface area contributed by atoms with Crippen molar-refractivity contribution in [3.8, 4) is 5.75 Å². The van der Waals surface area contributed by atoms with E-state index in [2.05, 4.69) is 44.9 Å². The molecule has 0 amide bonds. The van der Waals surface area contributed by atoms with E-state index in [1.54, 1.807) is 0 Å². The molecule has 0 bridgehead atoms. The Morgan fingerprint density at radius 1 is 1.18 bits per heavy atom. The van der Waals surface area contributed by atoms with Gasteiger partial charge in [0.1, 0.15) is 18.5 Å². The second-order valence-electron chi connectivity index (χ2n) is 6.90. The van der Waals surface area contributed by atoms with Crippen LogP contribution < -0.4 is 4.74 Å². The number of aryl methyl sites for hydroxylation is 2. The first kappa shape index (κ1) is 17.3. The van der Waals surface area contributed by atoms with Crippen molar-refractivity contribution < 1.29 is 9.84 Å². The molecule has 0 heterocycles.